The van der Waals surface area contributed by atoms with Gasteiger partial charge in [0, 0.05) is 0 Å². The van der Waals surface area contributed by atoms with Gasteiger partial charge in [-0.2, -0.15) is 0 Å². The van der Waals surface area contributed by atoms with E-state index in [0.29, 0.717) is 5.56 Å². The summed E-state index contributed by atoms with van der Waals surface area (Å²) in [5, 5.41) is 18.8. The SMILES string of the molecule is O=C(O)c1ccc(Cl)c(Cl)c1C(=O)C(CO)c1ccccc1. The summed E-state index contributed by atoms with van der Waals surface area (Å²) < 4.78 is 0. The Morgan fingerprint density at radius 2 is 1.68 bits per heavy atom. The number of hydrogen-bond donors (Lipinski definition) is 2. The summed E-state index contributed by atoms with van der Waals surface area (Å²) in [7, 11) is 0. The number of rotatable bonds is 5. The highest BCUT2D eigenvalue weighted by Crippen LogP contribution is 2.32. The Bertz CT molecular complexity index is 714. The molecule has 0 saturated carbocycles. The summed E-state index contributed by atoms with van der Waals surface area (Å²) >= 11 is 11.9. The van der Waals surface area contributed by atoms with E-state index < -0.39 is 24.3 Å². The van der Waals surface area contributed by atoms with E-state index in [-0.39, 0.29) is 21.2 Å². The number of halogens is 2. The molecule has 6 heteroatoms. The van der Waals surface area contributed by atoms with Gasteiger partial charge in [-0.25, -0.2) is 4.79 Å². The van der Waals surface area contributed by atoms with Crippen molar-refractivity contribution in [3.05, 3.63) is 69.2 Å². The van der Waals surface area contributed by atoms with Crippen molar-refractivity contribution in [1.82, 2.24) is 0 Å². The van der Waals surface area contributed by atoms with Gasteiger partial charge in [-0.05, 0) is 17.7 Å². The maximum absolute atomic E-state index is 12.7. The lowest BCUT2D eigenvalue weighted by Crippen LogP contribution is -2.20. The molecular formula is C16H12Cl2O4. The first-order chi connectivity index (χ1) is 10.5. The Kier molecular flexibility index (Phi) is 5.19. The quantitative estimate of drug-likeness (QED) is 0.816. The van der Waals surface area contributed by atoms with E-state index in [4.69, 9.17) is 23.2 Å². The maximum Gasteiger partial charge on any atom is 0.336 e. The van der Waals surface area contributed by atoms with Crippen LogP contribution in [0, 0.1) is 0 Å². The smallest absolute Gasteiger partial charge is 0.336 e. The predicted octanol–water partition coefficient (Wildman–Crippen LogP) is 3.65. The molecule has 2 aromatic carbocycles. The van der Waals surface area contributed by atoms with Crippen molar-refractivity contribution in [3.8, 4) is 0 Å². The molecule has 0 aliphatic carbocycles. The number of hydrogen-bond acceptors (Lipinski definition) is 3. The van der Waals surface area contributed by atoms with Gasteiger partial charge in [-0.1, -0.05) is 53.5 Å². The van der Waals surface area contributed by atoms with Crippen molar-refractivity contribution >= 4 is 35.0 Å². The van der Waals surface area contributed by atoms with Crippen LogP contribution in [-0.2, 0) is 0 Å². The standard InChI is InChI=1S/C16H12Cl2O4/c17-12-7-6-10(16(21)22)13(14(12)18)15(20)11(8-19)9-4-2-1-3-5-9/h1-7,11,19H,8H2,(H,21,22). The fourth-order valence-corrected chi connectivity index (χ4v) is 2.58. The summed E-state index contributed by atoms with van der Waals surface area (Å²) in [4.78, 5) is 24.0. The van der Waals surface area contributed by atoms with Crippen LogP contribution >= 0.6 is 23.2 Å². The molecule has 114 valence electrons. The molecule has 1 unspecified atom stereocenters. The van der Waals surface area contributed by atoms with Gasteiger partial charge < -0.3 is 10.2 Å². The number of carbonyl (C=O) groups is 2. The van der Waals surface area contributed by atoms with Gasteiger partial charge in [0.05, 0.1) is 33.7 Å². The zero-order valence-electron chi connectivity index (χ0n) is 11.3. The Hall–Kier alpha value is -1.88. The number of benzene rings is 2. The van der Waals surface area contributed by atoms with Gasteiger partial charge >= 0.3 is 5.97 Å². The number of carboxylic acid groups (broad SMARTS) is 1. The van der Waals surface area contributed by atoms with Crippen LogP contribution in [0.2, 0.25) is 10.0 Å². The molecule has 0 saturated heterocycles. The molecule has 0 bridgehead atoms. The summed E-state index contributed by atoms with van der Waals surface area (Å²) in [5.41, 5.74) is 0.140. The fraction of sp³-hybridized carbons (Fsp3) is 0.125. The number of aliphatic hydroxyl groups is 1. The number of carboxylic acids is 1. The molecule has 0 fully saturated rings. The molecule has 0 spiro atoms. The monoisotopic (exact) mass is 338 g/mol. The van der Waals surface area contributed by atoms with Crippen LogP contribution in [-0.4, -0.2) is 28.6 Å². The molecule has 0 aliphatic heterocycles. The van der Waals surface area contributed by atoms with Gasteiger partial charge in [0.15, 0.2) is 5.78 Å². The topological polar surface area (TPSA) is 74.6 Å². The van der Waals surface area contributed by atoms with E-state index in [2.05, 4.69) is 0 Å². The van der Waals surface area contributed by atoms with Crippen LogP contribution in [0.4, 0.5) is 0 Å². The molecule has 4 nitrogen and oxygen atoms in total. The Morgan fingerprint density at radius 1 is 1.05 bits per heavy atom. The highest BCUT2D eigenvalue weighted by atomic mass is 35.5. The van der Waals surface area contributed by atoms with Crippen LogP contribution < -0.4 is 0 Å². The number of ketones is 1. The Morgan fingerprint density at radius 3 is 2.23 bits per heavy atom. The molecule has 0 radical (unpaired) electrons. The first-order valence-corrected chi connectivity index (χ1v) is 7.14. The number of aliphatic hydroxyl groups excluding tert-OH is 1. The summed E-state index contributed by atoms with van der Waals surface area (Å²) in [6.07, 6.45) is 0. The average Bonchev–Trinajstić information content (AvgIpc) is 2.51. The van der Waals surface area contributed by atoms with E-state index in [1.807, 2.05) is 0 Å². The van der Waals surface area contributed by atoms with Crippen molar-refractivity contribution in [1.29, 1.82) is 0 Å². The van der Waals surface area contributed by atoms with Crippen LogP contribution in [0.25, 0.3) is 0 Å². The highest BCUT2D eigenvalue weighted by Gasteiger charge is 2.28. The van der Waals surface area contributed by atoms with E-state index in [1.165, 1.54) is 12.1 Å². The summed E-state index contributed by atoms with van der Waals surface area (Å²) in [6, 6.07) is 11.1. The third-order valence-corrected chi connectivity index (χ3v) is 4.08. The normalized spacial score (nSPS) is 12.0. The lowest BCUT2D eigenvalue weighted by molar-refractivity contribution is 0.0690. The number of carbonyl (C=O) groups excluding carboxylic acids is 1. The van der Waals surface area contributed by atoms with E-state index in [0.717, 1.165) is 0 Å². The maximum atomic E-state index is 12.7. The van der Waals surface area contributed by atoms with Crippen LogP contribution in [0.3, 0.4) is 0 Å². The van der Waals surface area contributed by atoms with Crippen molar-refractivity contribution in [2.45, 2.75) is 5.92 Å². The lowest BCUT2D eigenvalue weighted by Gasteiger charge is -2.16. The predicted molar refractivity (Wildman–Crippen MR) is 84.0 cm³/mol. The molecule has 0 heterocycles. The number of Topliss-reactive ketones (excluding diaryl/α,β-unsaturated/α-hetero) is 1. The minimum Gasteiger partial charge on any atom is -0.478 e. The van der Waals surface area contributed by atoms with Crippen molar-refractivity contribution in [2.75, 3.05) is 6.61 Å². The molecule has 1 atom stereocenters. The molecular weight excluding hydrogens is 327 g/mol. The van der Waals surface area contributed by atoms with Gasteiger partial charge in [-0.3, -0.25) is 4.79 Å². The molecule has 0 amide bonds. The number of aromatic carboxylic acids is 1. The van der Waals surface area contributed by atoms with Crippen LogP contribution in [0.1, 0.15) is 32.2 Å². The minimum absolute atomic E-state index is 0.0831. The Balaban J connectivity index is 2.57. The fourth-order valence-electron chi connectivity index (χ4n) is 2.17. The zero-order chi connectivity index (χ0) is 16.3. The zero-order valence-corrected chi connectivity index (χ0v) is 12.8. The molecule has 0 aliphatic rings. The molecule has 2 aromatic rings. The molecule has 2 N–H and O–H groups in total. The first-order valence-electron chi connectivity index (χ1n) is 6.38. The van der Waals surface area contributed by atoms with Gasteiger partial charge in [0.1, 0.15) is 0 Å². The minimum atomic E-state index is -1.29. The molecule has 2 rings (SSSR count). The second-order valence-electron chi connectivity index (χ2n) is 4.60. The van der Waals surface area contributed by atoms with Crippen LogP contribution in [0.15, 0.2) is 42.5 Å². The lowest BCUT2D eigenvalue weighted by atomic mass is 9.89. The third kappa shape index (κ3) is 3.14. The summed E-state index contributed by atoms with van der Waals surface area (Å²) in [5.74, 6) is -2.78. The average molecular weight is 339 g/mol. The second-order valence-corrected chi connectivity index (χ2v) is 5.38. The molecule has 22 heavy (non-hydrogen) atoms. The second kappa shape index (κ2) is 6.92. The van der Waals surface area contributed by atoms with Gasteiger partial charge in [0.25, 0.3) is 0 Å². The highest BCUT2D eigenvalue weighted by molar-refractivity contribution is 6.44. The Labute approximate surface area is 136 Å². The van der Waals surface area contributed by atoms with Crippen molar-refractivity contribution < 1.29 is 19.8 Å². The van der Waals surface area contributed by atoms with Gasteiger partial charge in [0.2, 0.25) is 0 Å². The van der Waals surface area contributed by atoms with E-state index in [1.54, 1.807) is 30.3 Å². The van der Waals surface area contributed by atoms with E-state index >= 15 is 0 Å². The van der Waals surface area contributed by atoms with E-state index in [9.17, 15) is 19.8 Å². The van der Waals surface area contributed by atoms with Crippen molar-refractivity contribution in [3.63, 3.8) is 0 Å². The van der Waals surface area contributed by atoms with Crippen molar-refractivity contribution in [2.24, 2.45) is 0 Å². The van der Waals surface area contributed by atoms with Gasteiger partial charge in [-0.15, -0.1) is 0 Å². The van der Waals surface area contributed by atoms with Crippen LogP contribution in [0.5, 0.6) is 0 Å². The summed E-state index contributed by atoms with van der Waals surface area (Å²) in [6.45, 7) is -0.468. The first kappa shape index (κ1) is 16.5. The third-order valence-electron chi connectivity index (χ3n) is 3.27. The molecule has 0 aromatic heterocycles. The largest absolute Gasteiger partial charge is 0.478 e.